The van der Waals surface area contributed by atoms with E-state index in [-0.39, 0.29) is 11.3 Å². The normalized spacial score (nSPS) is 10.3. The third-order valence-corrected chi connectivity index (χ3v) is 3.32. The number of imide groups is 1. The van der Waals surface area contributed by atoms with Crippen molar-refractivity contribution in [2.45, 2.75) is 0 Å². The van der Waals surface area contributed by atoms with E-state index in [0.29, 0.717) is 11.2 Å². The number of hydrogen-bond acceptors (Lipinski definition) is 5. The van der Waals surface area contributed by atoms with E-state index < -0.39 is 17.7 Å². The summed E-state index contributed by atoms with van der Waals surface area (Å²) >= 11 is 0. The van der Waals surface area contributed by atoms with E-state index in [1.165, 1.54) is 18.5 Å². The maximum absolute atomic E-state index is 12.0. The van der Waals surface area contributed by atoms with Crippen molar-refractivity contribution >= 4 is 40.1 Å². The molecule has 120 valence electrons. The molecule has 2 aromatic carbocycles. The molecule has 1 aromatic heterocycles. The van der Waals surface area contributed by atoms with Crippen molar-refractivity contribution in [1.82, 2.24) is 15.3 Å². The number of amides is 3. The average molecular weight is 323 g/mol. The molecule has 0 saturated carbocycles. The van der Waals surface area contributed by atoms with Gasteiger partial charge in [0.1, 0.15) is 0 Å². The maximum atomic E-state index is 12.0. The highest BCUT2D eigenvalue weighted by atomic mass is 16.2. The second kappa shape index (κ2) is 6.21. The monoisotopic (exact) mass is 323 g/mol. The molecule has 0 spiro atoms. The predicted octanol–water partition coefficient (Wildman–Crippen LogP) is 1.04. The predicted molar refractivity (Wildman–Crippen MR) is 88.1 cm³/mol. The first-order valence-electron chi connectivity index (χ1n) is 6.99. The van der Waals surface area contributed by atoms with Gasteiger partial charge in [0.25, 0.3) is 5.91 Å². The van der Waals surface area contributed by atoms with Gasteiger partial charge in [-0.3, -0.25) is 19.7 Å². The van der Waals surface area contributed by atoms with E-state index in [2.05, 4.69) is 15.3 Å². The highest BCUT2D eigenvalue weighted by Gasteiger charge is 2.19. The molecule has 0 bridgehead atoms. The Morgan fingerprint density at radius 1 is 1.04 bits per heavy atom. The number of aromatic nitrogens is 2. The first-order valence-corrected chi connectivity index (χ1v) is 6.99. The molecule has 0 aliphatic rings. The zero-order valence-electron chi connectivity index (χ0n) is 12.4. The Morgan fingerprint density at radius 3 is 2.62 bits per heavy atom. The van der Waals surface area contributed by atoms with Crippen molar-refractivity contribution in [3.63, 3.8) is 0 Å². The lowest BCUT2D eigenvalue weighted by molar-refractivity contribution is -0.135. The standard InChI is InChI=1S/C16H13N5O3/c17-11-4-2-1-3-10(11)14(22)21-16(24)15(23)20-9-5-6-12-13(7-9)19-8-18-12/h1-8H,17H2,(H,18,19)(H,20,23)(H,21,22,24). The number of rotatable bonds is 2. The minimum atomic E-state index is -1.08. The minimum Gasteiger partial charge on any atom is -0.398 e. The number of para-hydroxylation sites is 1. The van der Waals surface area contributed by atoms with E-state index in [0.717, 1.165) is 5.52 Å². The Kier molecular flexibility index (Phi) is 3.94. The van der Waals surface area contributed by atoms with Crippen LogP contribution in [0.4, 0.5) is 11.4 Å². The fraction of sp³-hybridized carbons (Fsp3) is 0. The Balaban J connectivity index is 1.67. The number of H-pyrrole nitrogens is 1. The average Bonchev–Trinajstić information content (AvgIpc) is 3.02. The van der Waals surface area contributed by atoms with Crippen LogP contribution in [-0.2, 0) is 9.59 Å². The molecule has 0 saturated heterocycles. The van der Waals surface area contributed by atoms with Gasteiger partial charge in [0.15, 0.2) is 0 Å². The Bertz CT molecular complexity index is 948. The van der Waals surface area contributed by atoms with Crippen molar-refractivity contribution < 1.29 is 14.4 Å². The number of nitrogen functional groups attached to an aromatic ring is 1. The van der Waals surface area contributed by atoms with Crippen LogP contribution in [0, 0.1) is 0 Å². The van der Waals surface area contributed by atoms with Crippen LogP contribution in [0.15, 0.2) is 48.8 Å². The molecule has 3 rings (SSSR count). The van der Waals surface area contributed by atoms with Gasteiger partial charge in [0, 0.05) is 11.4 Å². The molecule has 0 aliphatic carbocycles. The summed E-state index contributed by atoms with van der Waals surface area (Å²) in [5.41, 5.74) is 7.84. The third kappa shape index (κ3) is 3.07. The fourth-order valence-electron chi connectivity index (χ4n) is 2.13. The minimum absolute atomic E-state index is 0.123. The topological polar surface area (TPSA) is 130 Å². The lowest BCUT2D eigenvalue weighted by Gasteiger charge is -2.07. The smallest absolute Gasteiger partial charge is 0.316 e. The van der Waals surface area contributed by atoms with E-state index in [4.69, 9.17) is 5.73 Å². The second-order valence-electron chi connectivity index (χ2n) is 4.96. The maximum Gasteiger partial charge on any atom is 0.316 e. The van der Waals surface area contributed by atoms with Crippen molar-refractivity contribution in [1.29, 1.82) is 0 Å². The van der Waals surface area contributed by atoms with Crippen LogP contribution < -0.4 is 16.4 Å². The second-order valence-corrected chi connectivity index (χ2v) is 4.96. The summed E-state index contributed by atoms with van der Waals surface area (Å²) in [6.45, 7) is 0. The Morgan fingerprint density at radius 2 is 1.83 bits per heavy atom. The number of aromatic amines is 1. The van der Waals surface area contributed by atoms with Crippen LogP contribution in [0.3, 0.4) is 0 Å². The van der Waals surface area contributed by atoms with Crippen molar-refractivity contribution in [2.24, 2.45) is 0 Å². The van der Waals surface area contributed by atoms with Crippen molar-refractivity contribution in [2.75, 3.05) is 11.1 Å². The number of nitrogens with one attached hydrogen (secondary N) is 3. The van der Waals surface area contributed by atoms with Crippen LogP contribution in [0.1, 0.15) is 10.4 Å². The number of nitrogens with zero attached hydrogens (tertiary/aromatic N) is 1. The number of fused-ring (bicyclic) bond motifs is 1. The van der Waals surface area contributed by atoms with Gasteiger partial charge in [-0.05, 0) is 30.3 Å². The van der Waals surface area contributed by atoms with Crippen molar-refractivity contribution in [3.8, 4) is 0 Å². The number of carbonyl (C=O) groups is 3. The number of anilines is 2. The van der Waals surface area contributed by atoms with E-state index in [1.807, 2.05) is 5.32 Å². The summed E-state index contributed by atoms with van der Waals surface area (Å²) in [7, 11) is 0. The number of imidazole rings is 1. The Hall–Kier alpha value is -3.68. The van der Waals surface area contributed by atoms with E-state index in [9.17, 15) is 14.4 Å². The molecule has 0 aliphatic heterocycles. The lowest BCUT2D eigenvalue weighted by atomic mass is 10.1. The van der Waals surface area contributed by atoms with Gasteiger partial charge >= 0.3 is 11.8 Å². The molecule has 5 N–H and O–H groups in total. The molecule has 8 nitrogen and oxygen atoms in total. The number of carbonyl (C=O) groups excluding carboxylic acids is 3. The summed E-state index contributed by atoms with van der Waals surface area (Å²) in [4.78, 5) is 42.7. The first-order chi connectivity index (χ1) is 11.5. The number of benzene rings is 2. The van der Waals surface area contributed by atoms with Gasteiger partial charge in [0.05, 0.1) is 22.9 Å². The molecule has 1 heterocycles. The van der Waals surface area contributed by atoms with Gasteiger partial charge in [-0.2, -0.15) is 0 Å². The van der Waals surface area contributed by atoms with Gasteiger partial charge in [0.2, 0.25) is 0 Å². The summed E-state index contributed by atoms with van der Waals surface area (Å²) in [6, 6.07) is 11.2. The molecule has 8 heteroatoms. The SMILES string of the molecule is Nc1ccccc1C(=O)NC(=O)C(=O)Nc1ccc2nc[nH]c2c1. The largest absolute Gasteiger partial charge is 0.398 e. The quantitative estimate of drug-likeness (QED) is 0.413. The molecule has 0 radical (unpaired) electrons. The highest BCUT2D eigenvalue weighted by Crippen LogP contribution is 2.15. The van der Waals surface area contributed by atoms with Gasteiger partial charge in [-0.25, -0.2) is 4.98 Å². The first kappa shape index (κ1) is 15.2. The lowest BCUT2D eigenvalue weighted by Crippen LogP contribution is -2.39. The van der Waals surface area contributed by atoms with Gasteiger partial charge < -0.3 is 16.0 Å². The van der Waals surface area contributed by atoms with Crippen LogP contribution in [-0.4, -0.2) is 27.7 Å². The zero-order chi connectivity index (χ0) is 17.1. The van der Waals surface area contributed by atoms with Crippen LogP contribution in [0.25, 0.3) is 11.0 Å². The Labute approximate surface area is 136 Å². The van der Waals surface area contributed by atoms with Crippen LogP contribution >= 0.6 is 0 Å². The molecule has 24 heavy (non-hydrogen) atoms. The van der Waals surface area contributed by atoms with Crippen LogP contribution in [0.2, 0.25) is 0 Å². The molecule has 0 fully saturated rings. The molecule has 0 atom stereocenters. The fourth-order valence-corrected chi connectivity index (χ4v) is 2.13. The molecular weight excluding hydrogens is 310 g/mol. The highest BCUT2D eigenvalue weighted by molar-refractivity contribution is 6.42. The number of nitrogens with two attached hydrogens (primary N) is 1. The molecular formula is C16H13N5O3. The van der Waals surface area contributed by atoms with E-state index >= 15 is 0 Å². The van der Waals surface area contributed by atoms with Gasteiger partial charge in [-0.15, -0.1) is 0 Å². The summed E-state index contributed by atoms with van der Waals surface area (Å²) in [5.74, 6) is -2.78. The molecule has 3 amide bonds. The van der Waals surface area contributed by atoms with E-state index in [1.54, 1.807) is 30.3 Å². The number of hydrogen-bond donors (Lipinski definition) is 4. The zero-order valence-corrected chi connectivity index (χ0v) is 12.4. The summed E-state index contributed by atoms with van der Waals surface area (Å²) in [6.07, 6.45) is 1.52. The molecule has 3 aromatic rings. The molecule has 0 unspecified atom stereocenters. The van der Waals surface area contributed by atoms with Crippen LogP contribution in [0.5, 0.6) is 0 Å². The third-order valence-electron chi connectivity index (χ3n) is 3.32. The van der Waals surface area contributed by atoms with Crippen molar-refractivity contribution in [3.05, 3.63) is 54.4 Å². The summed E-state index contributed by atoms with van der Waals surface area (Å²) in [5, 5.41) is 4.41. The van der Waals surface area contributed by atoms with Gasteiger partial charge in [-0.1, -0.05) is 12.1 Å². The summed E-state index contributed by atoms with van der Waals surface area (Å²) < 4.78 is 0.